The topological polar surface area (TPSA) is 0 Å². The summed E-state index contributed by atoms with van der Waals surface area (Å²) in [6.07, 6.45) is 2.04. The number of hydrogen-bond donors (Lipinski definition) is 0. The van der Waals surface area contributed by atoms with Crippen molar-refractivity contribution in [3.05, 3.63) is 12.7 Å². The van der Waals surface area contributed by atoms with Gasteiger partial charge in [-0.05, 0) is 18.4 Å². The Hall–Kier alpha value is 0.440. The minimum atomic E-state index is 0.240. The van der Waals surface area contributed by atoms with Crippen LogP contribution in [0, 0.1) is 0 Å². The molecule has 0 heterocycles. The molecule has 0 aliphatic heterocycles. The fourth-order valence-corrected chi connectivity index (χ4v) is 3.16. The van der Waals surface area contributed by atoms with Crippen molar-refractivity contribution < 1.29 is 0 Å². The van der Waals surface area contributed by atoms with E-state index >= 15 is 0 Å². The average molecular weight is 176 g/mol. The van der Waals surface area contributed by atoms with Gasteiger partial charge in [-0.2, -0.15) is 0 Å². The molecule has 0 radical (unpaired) electrons. The van der Waals surface area contributed by atoms with Crippen molar-refractivity contribution in [1.82, 2.24) is 0 Å². The summed E-state index contributed by atoms with van der Waals surface area (Å²) in [6, 6.07) is 0. The molecule has 0 saturated heterocycles. The predicted octanol–water partition coefficient (Wildman–Crippen LogP) is 3.39. The molecule has 0 atom stereocenters. The van der Waals surface area contributed by atoms with Crippen molar-refractivity contribution in [3.63, 3.8) is 0 Å². The summed E-state index contributed by atoms with van der Waals surface area (Å²) in [5, 5.41) is 0. The molecule has 0 spiro atoms. The van der Waals surface area contributed by atoms with Gasteiger partial charge >= 0.3 is 0 Å². The molecule has 0 saturated carbocycles. The van der Waals surface area contributed by atoms with Crippen LogP contribution in [0.4, 0.5) is 0 Å². The lowest BCUT2D eigenvalue weighted by atomic mass is 10.5. The van der Waals surface area contributed by atoms with Crippen LogP contribution in [0.3, 0.4) is 0 Å². The zero-order valence-electron chi connectivity index (χ0n) is 7.02. The van der Waals surface area contributed by atoms with E-state index in [1.54, 1.807) is 0 Å². The quantitative estimate of drug-likeness (QED) is 0.465. The van der Waals surface area contributed by atoms with E-state index in [1.807, 2.05) is 29.6 Å². The Morgan fingerprint density at radius 3 is 1.90 bits per heavy atom. The summed E-state index contributed by atoms with van der Waals surface area (Å²) < 4.78 is 0.240. The summed E-state index contributed by atoms with van der Waals surface area (Å²) in [5.74, 6) is 2.32. The van der Waals surface area contributed by atoms with E-state index in [-0.39, 0.29) is 4.08 Å². The third-order valence-corrected chi connectivity index (χ3v) is 4.00. The number of rotatable bonds is 5. The minimum Gasteiger partial charge on any atom is -0.141 e. The number of thioether (sulfide) groups is 2. The van der Waals surface area contributed by atoms with Gasteiger partial charge in [-0.25, -0.2) is 0 Å². The van der Waals surface area contributed by atoms with E-state index < -0.39 is 0 Å². The van der Waals surface area contributed by atoms with Gasteiger partial charge < -0.3 is 0 Å². The molecule has 10 heavy (non-hydrogen) atoms. The van der Waals surface area contributed by atoms with Crippen LogP contribution in [0.25, 0.3) is 0 Å². The molecule has 2 heteroatoms. The van der Waals surface area contributed by atoms with Crippen molar-refractivity contribution in [3.8, 4) is 0 Å². The SMILES string of the molecule is C=CC(C)(SCC)SCC. The van der Waals surface area contributed by atoms with Gasteiger partial charge in [-0.3, -0.25) is 0 Å². The van der Waals surface area contributed by atoms with E-state index in [9.17, 15) is 0 Å². The Labute approximate surface area is 72.9 Å². The third kappa shape index (κ3) is 3.57. The molecule has 0 aromatic rings. The molecule has 0 amide bonds. The van der Waals surface area contributed by atoms with Crippen molar-refractivity contribution >= 4 is 23.5 Å². The molecule has 0 aromatic carbocycles. The van der Waals surface area contributed by atoms with E-state index in [0.717, 1.165) is 11.5 Å². The maximum Gasteiger partial charge on any atom is 0.0760 e. The molecule has 0 aliphatic rings. The van der Waals surface area contributed by atoms with Gasteiger partial charge in [0.1, 0.15) is 0 Å². The second kappa shape index (κ2) is 5.14. The Kier molecular flexibility index (Phi) is 5.36. The number of hydrogen-bond acceptors (Lipinski definition) is 2. The average Bonchev–Trinajstić information content (AvgIpc) is 1.89. The first-order valence-electron chi connectivity index (χ1n) is 3.60. The summed E-state index contributed by atoms with van der Waals surface area (Å²) in [6.45, 7) is 10.4. The normalized spacial score (nSPS) is 11.5. The highest BCUT2D eigenvalue weighted by molar-refractivity contribution is 8.18. The highest BCUT2D eigenvalue weighted by Crippen LogP contribution is 2.37. The Morgan fingerprint density at radius 1 is 1.30 bits per heavy atom. The van der Waals surface area contributed by atoms with E-state index in [1.165, 1.54) is 0 Å². The van der Waals surface area contributed by atoms with Crippen molar-refractivity contribution in [1.29, 1.82) is 0 Å². The minimum absolute atomic E-state index is 0.240. The fourth-order valence-electron chi connectivity index (χ4n) is 0.733. The first-order valence-corrected chi connectivity index (χ1v) is 5.57. The second-order valence-corrected chi connectivity index (χ2v) is 5.77. The molecule has 0 nitrogen and oxygen atoms in total. The van der Waals surface area contributed by atoms with Crippen LogP contribution in [-0.2, 0) is 0 Å². The summed E-state index contributed by atoms with van der Waals surface area (Å²) >= 11 is 3.90. The van der Waals surface area contributed by atoms with Crippen molar-refractivity contribution in [2.45, 2.75) is 24.9 Å². The molecule has 0 aromatic heterocycles. The van der Waals surface area contributed by atoms with Gasteiger partial charge in [-0.1, -0.05) is 19.9 Å². The summed E-state index contributed by atoms with van der Waals surface area (Å²) in [7, 11) is 0. The Bertz CT molecular complexity index is 93.4. The zero-order chi connectivity index (χ0) is 8.04. The van der Waals surface area contributed by atoms with E-state index in [0.29, 0.717) is 0 Å². The van der Waals surface area contributed by atoms with Crippen LogP contribution in [-0.4, -0.2) is 15.6 Å². The van der Waals surface area contributed by atoms with Crippen LogP contribution < -0.4 is 0 Å². The van der Waals surface area contributed by atoms with Crippen LogP contribution in [0.15, 0.2) is 12.7 Å². The smallest absolute Gasteiger partial charge is 0.0760 e. The lowest BCUT2D eigenvalue weighted by molar-refractivity contribution is 1.15. The third-order valence-electron chi connectivity index (χ3n) is 1.23. The molecule has 0 rings (SSSR count). The molecule has 0 aliphatic carbocycles. The van der Waals surface area contributed by atoms with Gasteiger partial charge in [-0.15, -0.1) is 30.1 Å². The molecule has 0 N–H and O–H groups in total. The van der Waals surface area contributed by atoms with Gasteiger partial charge in [0.05, 0.1) is 4.08 Å². The first kappa shape index (κ1) is 10.4. The second-order valence-electron chi connectivity index (χ2n) is 2.09. The standard InChI is InChI=1S/C8H16S2/c1-5-8(4,9-6-2)10-7-3/h5H,1,6-7H2,2-4H3. The van der Waals surface area contributed by atoms with Crippen molar-refractivity contribution in [2.24, 2.45) is 0 Å². The van der Waals surface area contributed by atoms with Crippen LogP contribution in [0.1, 0.15) is 20.8 Å². The van der Waals surface area contributed by atoms with Gasteiger partial charge in [0, 0.05) is 0 Å². The van der Waals surface area contributed by atoms with Crippen LogP contribution in [0.5, 0.6) is 0 Å². The lowest BCUT2D eigenvalue weighted by Gasteiger charge is -2.22. The largest absolute Gasteiger partial charge is 0.141 e. The lowest BCUT2D eigenvalue weighted by Crippen LogP contribution is -2.11. The molecular weight excluding hydrogens is 160 g/mol. The van der Waals surface area contributed by atoms with E-state index in [2.05, 4.69) is 27.4 Å². The summed E-state index contributed by atoms with van der Waals surface area (Å²) in [4.78, 5) is 0. The van der Waals surface area contributed by atoms with E-state index in [4.69, 9.17) is 0 Å². The molecule has 0 unspecified atom stereocenters. The Morgan fingerprint density at radius 2 is 1.70 bits per heavy atom. The molecule has 0 fully saturated rings. The first-order chi connectivity index (χ1) is 4.68. The van der Waals surface area contributed by atoms with Crippen molar-refractivity contribution in [2.75, 3.05) is 11.5 Å². The Balaban J connectivity index is 3.81. The van der Waals surface area contributed by atoms with Gasteiger partial charge in [0.15, 0.2) is 0 Å². The van der Waals surface area contributed by atoms with Gasteiger partial charge in [0.2, 0.25) is 0 Å². The highest BCUT2D eigenvalue weighted by atomic mass is 32.2. The maximum atomic E-state index is 3.83. The monoisotopic (exact) mass is 176 g/mol. The summed E-state index contributed by atoms with van der Waals surface area (Å²) in [5.41, 5.74) is 0. The molecule has 60 valence electrons. The zero-order valence-corrected chi connectivity index (χ0v) is 8.65. The van der Waals surface area contributed by atoms with Gasteiger partial charge in [0.25, 0.3) is 0 Å². The van der Waals surface area contributed by atoms with Crippen LogP contribution >= 0.6 is 23.5 Å². The predicted molar refractivity (Wildman–Crippen MR) is 54.9 cm³/mol. The highest BCUT2D eigenvalue weighted by Gasteiger charge is 2.18. The molecular formula is C8H16S2. The maximum absolute atomic E-state index is 3.83. The van der Waals surface area contributed by atoms with Crippen LogP contribution in [0.2, 0.25) is 0 Å². The fraction of sp³-hybridized carbons (Fsp3) is 0.750. The molecule has 0 bridgehead atoms.